The molecule has 1 atom stereocenters. The van der Waals surface area contributed by atoms with E-state index in [9.17, 15) is 9.90 Å². The summed E-state index contributed by atoms with van der Waals surface area (Å²) in [6, 6.07) is 7.00. The van der Waals surface area contributed by atoms with Gasteiger partial charge in [-0.15, -0.1) is 0 Å². The van der Waals surface area contributed by atoms with Crippen molar-refractivity contribution < 1.29 is 9.90 Å². The third kappa shape index (κ3) is 2.97. The number of amides is 1. The van der Waals surface area contributed by atoms with Crippen LogP contribution in [0.4, 0.5) is 0 Å². The molecule has 3 N–H and O–H groups in total. The summed E-state index contributed by atoms with van der Waals surface area (Å²) in [6.07, 6.45) is 0. The van der Waals surface area contributed by atoms with Gasteiger partial charge >= 0.3 is 0 Å². The molecule has 1 rings (SSSR count). The van der Waals surface area contributed by atoms with Gasteiger partial charge in [-0.25, -0.2) is 0 Å². The highest BCUT2D eigenvalue weighted by atomic mass is 16.3. The van der Waals surface area contributed by atoms with Crippen LogP contribution < -0.4 is 5.73 Å². The lowest BCUT2D eigenvalue weighted by Gasteiger charge is -2.21. The van der Waals surface area contributed by atoms with Crippen LogP contribution in [-0.2, 0) is 11.3 Å². The van der Waals surface area contributed by atoms with Crippen molar-refractivity contribution in [2.45, 2.75) is 13.5 Å². The Morgan fingerprint density at radius 3 is 2.69 bits per heavy atom. The molecule has 4 nitrogen and oxygen atoms in total. The average molecular weight is 222 g/mol. The van der Waals surface area contributed by atoms with Gasteiger partial charge in [-0.2, -0.15) is 0 Å². The molecule has 0 radical (unpaired) electrons. The van der Waals surface area contributed by atoms with Crippen LogP contribution in [0.3, 0.4) is 0 Å². The number of nitrogens with zero attached hydrogens (tertiary/aromatic N) is 1. The molecule has 0 aliphatic rings. The van der Waals surface area contributed by atoms with Crippen molar-refractivity contribution in [2.75, 3.05) is 13.6 Å². The number of phenolic OH excluding ortho intramolecular Hbond substituents is 1. The molecule has 0 saturated carbocycles. The fraction of sp³-hybridized carbons (Fsp3) is 0.417. The van der Waals surface area contributed by atoms with Gasteiger partial charge in [-0.1, -0.05) is 25.1 Å². The molecule has 0 saturated heterocycles. The second-order valence-corrected chi connectivity index (χ2v) is 3.96. The van der Waals surface area contributed by atoms with Gasteiger partial charge in [0, 0.05) is 31.6 Å². The molecule has 16 heavy (non-hydrogen) atoms. The summed E-state index contributed by atoms with van der Waals surface area (Å²) in [5, 5.41) is 9.57. The molecule has 1 aromatic carbocycles. The van der Waals surface area contributed by atoms with Crippen molar-refractivity contribution in [3.8, 4) is 5.75 Å². The first-order valence-corrected chi connectivity index (χ1v) is 5.28. The van der Waals surface area contributed by atoms with Crippen LogP contribution in [-0.4, -0.2) is 29.5 Å². The van der Waals surface area contributed by atoms with E-state index in [0.717, 1.165) is 5.56 Å². The molecule has 1 unspecified atom stereocenters. The van der Waals surface area contributed by atoms with Crippen LogP contribution in [0.1, 0.15) is 12.5 Å². The monoisotopic (exact) mass is 222 g/mol. The third-order valence-electron chi connectivity index (χ3n) is 2.55. The van der Waals surface area contributed by atoms with E-state index in [2.05, 4.69) is 0 Å². The number of rotatable bonds is 4. The van der Waals surface area contributed by atoms with Gasteiger partial charge < -0.3 is 15.7 Å². The molecule has 0 heterocycles. The molecule has 0 aliphatic carbocycles. The minimum Gasteiger partial charge on any atom is -0.508 e. The van der Waals surface area contributed by atoms with Gasteiger partial charge in [-0.05, 0) is 6.07 Å². The Morgan fingerprint density at radius 2 is 2.12 bits per heavy atom. The molecule has 1 amide bonds. The maximum Gasteiger partial charge on any atom is 0.226 e. The zero-order valence-corrected chi connectivity index (χ0v) is 9.68. The summed E-state index contributed by atoms with van der Waals surface area (Å²) in [4.78, 5) is 13.3. The summed E-state index contributed by atoms with van der Waals surface area (Å²) in [5.41, 5.74) is 6.18. The fourth-order valence-electron chi connectivity index (χ4n) is 1.46. The molecule has 0 fully saturated rings. The van der Waals surface area contributed by atoms with Crippen molar-refractivity contribution in [1.82, 2.24) is 4.90 Å². The number of hydrogen-bond donors (Lipinski definition) is 2. The summed E-state index contributed by atoms with van der Waals surface area (Å²) < 4.78 is 0. The van der Waals surface area contributed by atoms with E-state index in [0.29, 0.717) is 13.1 Å². The van der Waals surface area contributed by atoms with E-state index in [-0.39, 0.29) is 17.6 Å². The maximum absolute atomic E-state index is 11.8. The highest BCUT2D eigenvalue weighted by Gasteiger charge is 2.16. The average Bonchev–Trinajstić information content (AvgIpc) is 2.30. The number of carbonyl (C=O) groups excluding carboxylic acids is 1. The molecular formula is C12H18N2O2. The van der Waals surface area contributed by atoms with E-state index in [1.165, 1.54) is 0 Å². The number of nitrogens with two attached hydrogens (primary N) is 1. The number of hydrogen-bond acceptors (Lipinski definition) is 3. The van der Waals surface area contributed by atoms with Crippen LogP contribution in [0, 0.1) is 5.92 Å². The lowest BCUT2D eigenvalue weighted by Crippen LogP contribution is -2.34. The van der Waals surface area contributed by atoms with Crippen molar-refractivity contribution in [3.05, 3.63) is 29.8 Å². The van der Waals surface area contributed by atoms with Crippen LogP contribution in [0.2, 0.25) is 0 Å². The van der Waals surface area contributed by atoms with Gasteiger partial charge in [0.05, 0.1) is 0 Å². The van der Waals surface area contributed by atoms with Crippen LogP contribution in [0.25, 0.3) is 0 Å². The first-order valence-electron chi connectivity index (χ1n) is 5.28. The van der Waals surface area contributed by atoms with Crippen LogP contribution in [0.15, 0.2) is 24.3 Å². The Balaban J connectivity index is 2.68. The van der Waals surface area contributed by atoms with E-state index in [1.54, 1.807) is 37.1 Å². The minimum absolute atomic E-state index is 0.00856. The Kier molecular flexibility index (Phi) is 4.31. The second-order valence-electron chi connectivity index (χ2n) is 3.96. The van der Waals surface area contributed by atoms with Gasteiger partial charge in [0.2, 0.25) is 5.91 Å². The summed E-state index contributed by atoms with van der Waals surface area (Å²) in [5.74, 6) is 0.0177. The molecule has 0 aliphatic heterocycles. The lowest BCUT2D eigenvalue weighted by atomic mass is 10.1. The van der Waals surface area contributed by atoms with Gasteiger partial charge in [0.1, 0.15) is 5.75 Å². The largest absolute Gasteiger partial charge is 0.508 e. The third-order valence-corrected chi connectivity index (χ3v) is 2.55. The maximum atomic E-state index is 11.8. The molecule has 0 bridgehead atoms. The topological polar surface area (TPSA) is 66.6 Å². The molecule has 0 aromatic heterocycles. The van der Waals surface area contributed by atoms with Gasteiger partial charge in [0.15, 0.2) is 0 Å². The van der Waals surface area contributed by atoms with E-state index >= 15 is 0 Å². The minimum atomic E-state index is -0.184. The predicted molar refractivity (Wildman–Crippen MR) is 62.8 cm³/mol. The number of para-hydroxylation sites is 1. The molecule has 4 heteroatoms. The van der Waals surface area contributed by atoms with Crippen LogP contribution in [0.5, 0.6) is 5.75 Å². The van der Waals surface area contributed by atoms with E-state index in [4.69, 9.17) is 5.73 Å². The summed E-state index contributed by atoms with van der Waals surface area (Å²) in [7, 11) is 1.71. The summed E-state index contributed by atoms with van der Waals surface area (Å²) >= 11 is 0. The second kappa shape index (κ2) is 5.51. The number of carbonyl (C=O) groups is 1. The number of benzene rings is 1. The van der Waals surface area contributed by atoms with Gasteiger partial charge in [-0.3, -0.25) is 4.79 Å². The quantitative estimate of drug-likeness (QED) is 0.797. The molecule has 0 spiro atoms. The Labute approximate surface area is 95.7 Å². The predicted octanol–water partition coefficient (Wildman–Crippen LogP) is 0.945. The van der Waals surface area contributed by atoms with E-state index < -0.39 is 0 Å². The highest BCUT2D eigenvalue weighted by Crippen LogP contribution is 2.17. The Morgan fingerprint density at radius 1 is 1.50 bits per heavy atom. The van der Waals surface area contributed by atoms with Crippen molar-refractivity contribution >= 4 is 5.91 Å². The zero-order valence-electron chi connectivity index (χ0n) is 9.68. The van der Waals surface area contributed by atoms with Crippen molar-refractivity contribution in [2.24, 2.45) is 11.7 Å². The Hall–Kier alpha value is -1.55. The molecule has 88 valence electrons. The molecular weight excluding hydrogens is 204 g/mol. The van der Waals surface area contributed by atoms with Gasteiger partial charge in [0.25, 0.3) is 0 Å². The molecule has 1 aromatic rings. The first-order chi connectivity index (χ1) is 7.56. The van der Waals surface area contributed by atoms with E-state index in [1.807, 2.05) is 6.07 Å². The van der Waals surface area contributed by atoms with Crippen molar-refractivity contribution in [3.63, 3.8) is 0 Å². The first kappa shape index (κ1) is 12.5. The smallest absolute Gasteiger partial charge is 0.226 e. The SMILES string of the molecule is CC(CN)C(=O)N(C)Cc1ccccc1O. The van der Waals surface area contributed by atoms with Crippen molar-refractivity contribution in [1.29, 1.82) is 0 Å². The summed E-state index contributed by atoms with van der Waals surface area (Å²) in [6.45, 7) is 2.53. The normalized spacial score (nSPS) is 12.2. The number of phenols is 1. The highest BCUT2D eigenvalue weighted by molar-refractivity contribution is 5.78. The van der Waals surface area contributed by atoms with Crippen LogP contribution >= 0.6 is 0 Å². The number of aromatic hydroxyl groups is 1. The fourth-order valence-corrected chi connectivity index (χ4v) is 1.46. The zero-order chi connectivity index (χ0) is 12.1. The lowest BCUT2D eigenvalue weighted by molar-refractivity contribution is -0.133. The standard InChI is InChI=1S/C12H18N2O2/c1-9(7-13)12(16)14(2)8-10-5-3-4-6-11(10)15/h3-6,9,15H,7-8,13H2,1-2H3. The Bertz CT molecular complexity index is 366.